The number of hydrogen-bond donors (Lipinski definition) is 2. The Morgan fingerprint density at radius 3 is 2.37 bits per heavy atom. The van der Waals surface area contributed by atoms with Crippen molar-refractivity contribution in [3.05, 3.63) is 82.9 Å². The lowest BCUT2D eigenvalue weighted by molar-refractivity contribution is -0.118. The molecule has 0 heterocycles. The van der Waals surface area contributed by atoms with E-state index in [4.69, 9.17) is 21.1 Å². The van der Waals surface area contributed by atoms with Gasteiger partial charge in [-0.2, -0.15) is 0 Å². The number of ether oxygens (including phenoxy) is 2. The number of hydrogen-bond acceptors (Lipinski definition) is 4. The molecule has 154 valence electrons. The molecule has 2 amide bonds. The molecule has 30 heavy (non-hydrogen) atoms. The second kappa shape index (κ2) is 9.80. The van der Waals surface area contributed by atoms with E-state index in [0.717, 1.165) is 5.56 Å². The minimum Gasteiger partial charge on any atom is -0.495 e. The van der Waals surface area contributed by atoms with Gasteiger partial charge in [-0.25, -0.2) is 0 Å². The number of para-hydroxylation sites is 2. The predicted octanol–water partition coefficient (Wildman–Crippen LogP) is 4.93. The van der Waals surface area contributed by atoms with Crippen molar-refractivity contribution in [2.24, 2.45) is 0 Å². The Kier molecular flexibility index (Phi) is 6.93. The van der Waals surface area contributed by atoms with Crippen molar-refractivity contribution in [3.63, 3.8) is 0 Å². The van der Waals surface area contributed by atoms with E-state index in [2.05, 4.69) is 10.6 Å². The van der Waals surface area contributed by atoms with Gasteiger partial charge in [0.2, 0.25) is 0 Å². The fourth-order valence-electron chi connectivity index (χ4n) is 2.75. The topological polar surface area (TPSA) is 76.7 Å². The minimum atomic E-state index is -0.320. The molecule has 0 saturated heterocycles. The van der Waals surface area contributed by atoms with Gasteiger partial charge in [0, 0.05) is 16.3 Å². The van der Waals surface area contributed by atoms with Crippen LogP contribution in [0.2, 0.25) is 5.02 Å². The highest BCUT2D eigenvalue weighted by molar-refractivity contribution is 6.30. The molecule has 3 rings (SSSR count). The Morgan fingerprint density at radius 1 is 0.933 bits per heavy atom. The molecule has 0 aromatic heterocycles. The van der Waals surface area contributed by atoms with Gasteiger partial charge in [-0.15, -0.1) is 0 Å². The lowest BCUT2D eigenvalue weighted by Gasteiger charge is -2.11. The van der Waals surface area contributed by atoms with Gasteiger partial charge >= 0.3 is 0 Å². The highest BCUT2D eigenvalue weighted by atomic mass is 35.5. The number of benzene rings is 3. The first-order valence-corrected chi connectivity index (χ1v) is 9.57. The number of carbonyl (C=O) groups is 2. The minimum absolute atomic E-state index is 0.173. The van der Waals surface area contributed by atoms with Gasteiger partial charge in [0.05, 0.1) is 12.8 Å². The van der Waals surface area contributed by atoms with Crippen molar-refractivity contribution in [3.8, 4) is 11.5 Å². The molecule has 0 atom stereocenters. The monoisotopic (exact) mass is 424 g/mol. The average molecular weight is 425 g/mol. The Labute approximate surface area is 179 Å². The lowest BCUT2D eigenvalue weighted by Crippen LogP contribution is -2.20. The Morgan fingerprint density at radius 2 is 1.67 bits per heavy atom. The van der Waals surface area contributed by atoms with Crippen molar-refractivity contribution >= 4 is 34.8 Å². The molecule has 0 aliphatic rings. The second-order valence-corrected chi connectivity index (χ2v) is 6.91. The summed E-state index contributed by atoms with van der Waals surface area (Å²) in [6.45, 7) is 1.70. The van der Waals surface area contributed by atoms with Crippen LogP contribution in [0.1, 0.15) is 15.9 Å². The number of nitrogens with one attached hydrogen (secondary N) is 2. The number of amides is 2. The Balaban J connectivity index is 1.55. The highest BCUT2D eigenvalue weighted by Crippen LogP contribution is 2.23. The third kappa shape index (κ3) is 5.52. The maximum absolute atomic E-state index is 12.4. The summed E-state index contributed by atoms with van der Waals surface area (Å²) in [5.74, 6) is 0.474. The van der Waals surface area contributed by atoms with Gasteiger partial charge in [0.15, 0.2) is 6.61 Å². The molecule has 6 nitrogen and oxygen atoms in total. The predicted molar refractivity (Wildman–Crippen MR) is 118 cm³/mol. The van der Waals surface area contributed by atoms with Gasteiger partial charge in [0.1, 0.15) is 11.5 Å². The summed E-state index contributed by atoms with van der Waals surface area (Å²) >= 11 is 5.94. The molecule has 0 radical (unpaired) electrons. The van der Waals surface area contributed by atoms with Crippen LogP contribution in [0.4, 0.5) is 11.4 Å². The first kappa shape index (κ1) is 21.2. The van der Waals surface area contributed by atoms with Crippen molar-refractivity contribution in [1.82, 2.24) is 0 Å². The summed E-state index contributed by atoms with van der Waals surface area (Å²) in [5, 5.41) is 6.20. The summed E-state index contributed by atoms with van der Waals surface area (Å²) in [6.07, 6.45) is 0. The average Bonchev–Trinajstić information content (AvgIpc) is 2.75. The first-order chi connectivity index (χ1) is 14.5. The zero-order valence-corrected chi connectivity index (χ0v) is 17.3. The summed E-state index contributed by atoms with van der Waals surface area (Å²) in [7, 11) is 1.54. The van der Waals surface area contributed by atoms with Gasteiger partial charge in [-0.3, -0.25) is 9.59 Å². The number of rotatable bonds is 7. The van der Waals surface area contributed by atoms with E-state index < -0.39 is 0 Å². The second-order valence-electron chi connectivity index (χ2n) is 6.47. The van der Waals surface area contributed by atoms with Crippen LogP contribution in [-0.4, -0.2) is 25.5 Å². The van der Waals surface area contributed by atoms with Crippen LogP contribution in [0, 0.1) is 6.92 Å². The normalized spacial score (nSPS) is 10.2. The number of carbonyl (C=O) groups excluding carboxylic acids is 2. The molecule has 3 aromatic rings. The number of aryl methyl sites for hydroxylation is 1. The molecule has 7 heteroatoms. The lowest BCUT2D eigenvalue weighted by atomic mass is 10.1. The summed E-state index contributed by atoms with van der Waals surface area (Å²) in [6, 6.07) is 18.9. The fraction of sp³-hybridized carbons (Fsp3) is 0.130. The van der Waals surface area contributed by atoms with Crippen LogP contribution in [0.25, 0.3) is 0 Å². The van der Waals surface area contributed by atoms with Crippen LogP contribution in [0.3, 0.4) is 0 Å². The van der Waals surface area contributed by atoms with Crippen molar-refractivity contribution < 1.29 is 19.1 Å². The summed E-state index contributed by atoms with van der Waals surface area (Å²) in [5.41, 5.74) is 2.60. The summed E-state index contributed by atoms with van der Waals surface area (Å²) < 4.78 is 10.7. The van der Waals surface area contributed by atoms with E-state index >= 15 is 0 Å². The van der Waals surface area contributed by atoms with Crippen LogP contribution < -0.4 is 20.1 Å². The van der Waals surface area contributed by atoms with Gasteiger partial charge < -0.3 is 20.1 Å². The number of halogens is 1. The van der Waals surface area contributed by atoms with Gasteiger partial charge in [0.25, 0.3) is 11.8 Å². The summed E-state index contributed by atoms with van der Waals surface area (Å²) in [4.78, 5) is 24.6. The fourth-order valence-corrected chi connectivity index (χ4v) is 2.97. The first-order valence-electron chi connectivity index (χ1n) is 9.19. The quantitative estimate of drug-likeness (QED) is 0.564. The third-order valence-corrected chi connectivity index (χ3v) is 4.54. The molecule has 0 unspecified atom stereocenters. The van der Waals surface area contributed by atoms with Crippen LogP contribution in [0.5, 0.6) is 11.5 Å². The molecule has 0 saturated carbocycles. The van der Waals surface area contributed by atoms with E-state index in [1.165, 1.54) is 7.11 Å². The van der Waals surface area contributed by atoms with Crippen LogP contribution in [0.15, 0.2) is 66.7 Å². The SMILES string of the molecule is COc1ccccc1NC(=O)COc1ccc(C(=O)Nc2ccc(Cl)cc2C)cc1. The van der Waals surface area contributed by atoms with Gasteiger partial charge in [-0.05, 0) is 67.1 Å². The number of anilines is 2. The van der Waals surface area contributed by atoms with E-state index in [9.17, 15) is 9.59 Å². The van der Waals surface area contributed by atoms with Crippen LogP contribution >= 0.6 is 11.6 Å². The van der Waals surface area contributed by atoms with E-state index in [-0.39, 0.29) is 18.4 Å². The molecule has 2 N–H and O–H groups in total. The standard InChI is InChI=1S/C23H21ClN2O4/c1-15-13-17(24)9-12-19(15)26-23(28)16-7-10-18(11-8-16)30-14-22(27)25-20-5-3-4-6-21(20)29-2/h3-13H,14H2,1-2H3,(H,25,27)(H,26,28). The van der Waals surface area contributed by atoms with E-state index in [1.54, 1.807) is 60.7 Å². The molecular weight excluding hydrogens is 404 g/mol. The molecule has 0 bridgehead atoms. The van der Waals surface area contributed by atoms with E-state index in [1.807, 2.05) is 13.0 Å². The molecule has 3 aromatic carbocycles. The molecular formula is C23H21ClN2O4. The van der Waals surface area contributed by atoms with Crippen LogP contribution in [-0.2, 0) is 4.79 Å². The van der Waals surface area contributed by atoms with Gasteiger partial charge in [-0.1, -0.05) is 23.7 Å². The highest BCUT2D eigenvalue weighted by Gasteiger charge is 2.10. The Bertz CT molecular complexity index is 1050. The zero-order chi connectivity index (χ0) is 21.5. The Hall–Kier alpha value is -3.51. The van der Waals surface area contributed by atoms with E-state index in [0.29, 0.717) is 33.5 Å². The van der Waals surface area contributed by atoms with Crippen molar-refractivity contribution in [1.29, 1.82) is 0 Å². The third-order valence-electron chi connectivity index (χ3n) is 4.30. The van der Waals surface area contributed by atoms with Crippen molar-refractivity contribution in [2.45, 2.75) is 6.92 Å². The largest absolute Gasteiger partial charge is 0.495 e. The molecule has 0 aliphatic carbocycles. The molecule has 0 spiro atoms. The maximum Gasteiger partial charge on any atom is 0.262 e. The maximum atomic E-state index is 12.4. The molecule has 0 aliphatic heterocycles. The number of methoxy groups -OCH3 is 1. The zero-order valence-electron chi connectivity index (χ0n) is 16.6. The molecule has 0 fully saturated rings. The van der Waals surface area contributed by atoms with Crippen molar-refractivity contribution in [2.75, 3.05) is 24.4 Å². The smallest absolute Gasteiger partial charge is 0.262 e.